The summed E-state index contributed by atoms with van der Waals surface area (Å²) >= 11 is 0. The Balaban J connectivity index is 0.00000225. The summed E-state index contributed by atoms with van der Waals surface area (Å²) in [6.45, 7) is 3.06. The molecule has 92 valence electrons. The smallest absolute Gasteiger partial charge is 0.339 e. The lowest BCUT2D eigenvalue weighted by molar-refractivity contribution is 0.300. The van der Waals surface area contributed by atoms with Gasteiger partial charge >= 0.3 is 5.63 Å². The van der Waals surface area contributed by atoms with Crippen LogP contribution in [-0.4, -0.2) is 13.2 Å². The topological polar surface area (TPSA) is 65.5 Å². The van der Waals surface area contributed by atoms with Gasteiger partial charge in [0.2, 0.25) is 0 Å². The van der Waals surface area contributed by atoms with Crippen LogP contribution < -0.4 is 16.1 Å². The number of rotatable bonds is 6. The molecule has 5 heteroatoms. The van der Waals surface area contributed by atoms with Crippen LogP contribution in [0.5, 0.6) is 5.75 Å². The summed E-state index contributed by atoms with van der Waals surface area (Å²) in [4.78, 5) is 11.0. The van der Waals surface area contributed by atoms with Gasteiger partial charge in [0.25, 0.3) is 0 Å². The summed E-state index contributed by atoms with van der Waals surface area (Å²) in [5.74, 6) is 1.15. The molecule has 0 aliphatic rings. The second-order valence-corrected chi connectivity index (χ2v) is 3.42. The number of aryl methyl sites for hydroxylation is 1. The van der Waals surface area contributed by atoms with Crippen LogP contribution >= 0.6 is 12.4 Å². The van der Waals surface area contributed by atoms with Gasteiger partial charge in [0.1, 0.15) is 11.5 Å². The SMILES string of the molecule is Cc1cc(OCCCCCN)cc(=O)o1.Cl. The van der Waals surface area contributed by atoms with Gasteiger partial charge in [0.05, 0.1) is 12.7 Å². The van der Waals surface area contributed by atoms with E-state index in [4.69, 9.17) is 14.9 Å². The fourth-order valence-electron chi connectivity index (χ4n) is 1.27. The van der Waals surface area contributed by atoms with E-state index in [2.05, 4.69) is 0 Å². The van der Waals surface area contributed by atoms with E-state index < -0.39 is 0 Å². The largest absolute Gasteiger partial charge is 0.493 e. The molecule has 0 atom stereocenters. The molecular formula is C11H18ClNO3. The van der Waals surface area contributed by atoms with Gasteiger partial charge in [-0.1, -0.05) is 0 Å². The fraction of sp³-hybridized carbons (Fsp3) is 0.545. The lowest BCUT2D eigenvalue weighted by atomic mass is 10.2. The van der Waals surface area contributed by atoms with E-state index in [1.54, 1.807) is 13.0 Å². The van der Waals surface area contributed by atoms with Crippen molar-refractivity contribution in [2.45, 2.75) is 26.2 Å². The molecule has 0 amide bonds. The van der Waals surface area contributed by atoms with Gasteiger partial charge in [0.15, 0.2) is 0 Å². The zero-order valence-corrected chi connectivity index (χ0v) is 10.2. The Kier molecular flexibility index (Phi) is 7.68. The first-order valence-electron chi connectivity index (χ1n) is 5.17. The third kappa shape index (κ3) is 5.78. The Hall–Kier alpha value is -1.00. The molecule has 1 rings (SSSR count). The van der Waals surface area contributed by atoms with Crippen molar-refractivity contribution in [3.05, 3.63) is 28.3 Å². The highest BCUT2D eigenvalue weighted by Crippen LogP contribution is 2.09. The second-order valence-electron chi connectivity index (χ2n) is 3.42. The number of hydrogen-bond acceptors (Lipinski definition) is 4. The molecule has 16 heavy (non-hydrogen) atoms. The predicted octanol–water partition coefficient (Wildman–Crippen LogP) is 1.88. The van der Waals surface area contributed by atoms with Gasteiger partial charge < -0.3 is 14.9 Å². The van der Waals surface area contributed by atoms with Crippen LogP contribution in [0.4, 0.5) is 0 Å². The minimum atomic E-state index is -0.369. The average Bonchev–Trinajstić information content (AvgIpc) is 2.16. The first-order valence-corrected chi connectivity index (χ1v) is 5.17. The summed E-state index contributed by atoms with van der Waals surface area (Å²) in [5, 5.41) is 0. The number of nitrogens with two attached hydrogens (primary N) is 1. The van der Waals surface area contributed by atoms with Crippen molar-refractivity contribution >= 4 is 12.4 Å². The van der Waals surface area contributed by atoms with Gasteiger partial charge in [-0.05, 0) is 32.7 Å². The van der Waals surface area contributed by atoms with Gasteiger partial charge in [-0.2, -0.15) is 0 Å². The quantitative estimate of drug-likeness (QED) is 0.780. The van der Waals surface area contributed by atoms with E-state index in [0.29, 0.717) is 24.7 Å². The van der Waals surface area contributed by atoms with Crippen molar-refractivity contribution in [2.24, 2.45) is 5.73 Å². The monoisotopic (exact) mass is 247 g/mol. The van der Waals surface area contributed by atoms with E-state index in [-0.39, 0.29) is 18.0 Å². The first kappa shape index (κ1) is 15.0. The molecule has 0 aromatic carbocycles. The van der Waals surface area contributed by atoms with Crippen molar-refractivity contribution in [3.63, 3.8) is 0 Å². The van der Waals surface area contributed by atoms with E-state index >= 15 is 0 Å². The molecule has 0 unspecified atom stereocenters. The summed E-state index contributed by atoms with van der Waals surface area (Å²) in [6.07, 6.45) is 3.02. The standard InChI is InChI=1S/C11H17NO3.ClH/c1-9-7-10(8-11(13)15-9)14-6-4-2-3-5-12;/h7-8H,2-6,12H2,1H3;1H. The second kappa shape index (κ2) is 8.19. The molecule has 1 heterocycles. The summed E-state index contributed by atoms with van der Waals surface area (Å²) in [5.41, 5.74) is 5.00. The molecule has 0 fully saturated rings. The lowest BCUT2D eigenvalue weighted by Crippen LogP contribution is -2.04. The fourth-order valence-corrected chi connectivity index (χ4v) is 1.27. The number of hydrogen-bond donors (Lipinski definition) is 1. The van der Waals surface area contributed by atoms with Gasteiger partial charge in [-0.3, -0.25) is 0 Å². The van der Waals surface area contributed by atoms with Crippen LogP contribution in [0, 0.1) is 6.92 Å². The maximum absolute atomic E-state index is 11.0. The summed E-state index contributed by atoms with van der Waals surface area (Å²) in [7, 11) is 0. The van der Waals surface area contributed by atoms with Crippen molar-refractivity contribution in [2.75, 3.05) is 13.2 Å². The highest BCUT2D eigenvalue weighted by Gasteiger charge is 1.98. The van der Waals surface area contributed by atoms with E-state index in [0.717, 1.165) is 19.3 Å². The highest BCUT2D eigenvalue weighted by atomic mass is 35.5. The molecule has 0 aliphatic heterocycles. The minimum Gasteiger partial charge on any atom is -0.493 e. The molecule has 0 spiro atoms. The van der Waals surface area contributed by atoms with Crippen molar-refractivity contribution in [1.82, 2.24) is 0 Å². The molecule has 0 aliphatic carbocycles. The predicted molar refractivity (Wildman–Crippen MR) is 65.4 cm³/mol. The van der Waals surface area contributed by atoms with Crippen LogP contribution in [0.1, 0.15) is 25.0 Å². The molecule has 2 N–H and O–H groups in total. The maximum atomic E-state index is 11.0. The third-order valence-electron chi connectivity index (χ3n) is 1.98. The van der Waals surface area contributed by atoms with Crippen LogP contribution in [-0.2, 0) is 0 Å². The van der Waals surface area contributed by atoms with Crippen molar-refractivity contribution < 1.29 is 9.15 Å². The average molecular weight is 248 g/mol. The lowest BCUT2D eigenvalue weighted by Gasteiger charge is -2.05. The minimum absolute atomic E-state index is 0. The molecular weight excluding hydrogens is 230 g/mol. The molecule has 1 aromatic rings. The zero-order valence-electron chi connectivity index (χ0n) is 9.40. The molecule has 0 saturated heterocycles. The highest BCUT2D eigenvalue weighted by molar-refractivity contribution is 5.85. The van der Waals surface area contributed by atoms with E-state index in [1.807, 2.05) is 0 Å². The van der Waals surface area contributed by atoms with Crippen molar-refractivity contribution in [1.29, 1.82) is 0 Å². The van der Waals surface area contributed by atoms with Crippen LogP contribution in [0.15, 0.2) is 21.3 Å². The van der Waals surface area contributed by atoms with Crippen LogP contribution in [0.25, 0.3) is 0 Å². The maximum Gasteiger partial charge on any atom is 0.339 e. The normalized spacial score (nSPS) is 9.62. The summed E-state index contributed by atoms with van der Waals surface area (Å²) in [6, 6.07) is 3.07. The molecule has 4 nitrogen and oxygen atoms in total. The Morgan fingerprint density at radius 2 is 2.06 bits per heavy atom. The molecule has 0 saturated carbocycles. The number of ether oxygens (including phenoxy) is 1. The Bertz CT molecular complexity index is 351. The van der Waals surface area contributed by atoms with Gasteiger partial charge in [-0.15, -0.1) is 12.4 Å². The first-order chi connectivity index (χ1) is 7.22. The molecule has 0 bridgehead atoms. The molecule has 1 aromatic heterocycles. The van der Waals surface area contributed by atoms with Crippen molar-refractivity contribution in [3.8, 4) is 5.75 Å². The van der Waals surface area contributed by atoms with Crippen LogP contribution in [0.2, 0.25) is 0 Å². The van der Waals surface area contributed by atoms with Crippen LogP contribution in [0.3, 0.4) is 0 Å². The number of halogens is 1. The Morgan fingerprint density at radius 3 is 2.69 bits per heavy atom. The van der Waals surface area contributed by atoms with E-state index in [9.17, 15) is 4.79 Å². The Labute approximate surface area is 101 Å². The van der Waals surface area contributed by atoms with Gasteiger partial charge in [0, 0.05) is 6.07 Å². The molecule has 0 radical (unpaired) electrons. The Morgan fingerprint density at radius 1 is 1.31 bits per heavy atom. The third-order valence-corrected chi connectivity index (χ3v) is 1.98. The number of unbranched alkanes of at least 4 members (excludes halogenated alkanes) is 2. The van der Waals surface area contributed by atoms with E-state index in [1.165, 1.54) is 6.07 Å². The zero-order chi connectivity index (χ0) is 11.1. The summed E-state index contributed by atoms with van der Waals surface area (Å²) < 4.78 is 10.2. The van der Waals surface area contributed by atoms with Gasteiger partial charge in [-0.25, -0.2) is 4.79 Å².